The molecule has 2 aliphatic heterocycles. The summed E-state index contributed by atoms with van der Waals surface area (Å²) in [7, 11) is -3.56. The number of nitrogens with one attached hydrogen (secondary N) is 1. The van der Waals surface area contributed by atoms with Gasteiger partial charge in [0.2, 0.25) is 15.9 Å². The van der Waals surface area contributed by atoms with Gasteiger partial charge >= 0.3 is 0 Å². The van der Waals surface area contributed by atoms with Crippen LogP contribution in [0.15, 0.2) is 29.2 Å². The maximum Gasteiger partial charge on any atom is 0.256 e. The molecule has 1 aromatic heterocycles. The molecule has 1 saturated heterocycles. The number of thiophene rings is 1. The number of rotatable bonds is 5. The monoisotopic (exact) mass is 476 g/mol. The second-order valence-corrected chi connectivity index (χ2v) is 10.9. The Balaban J connectivity index is 1.55. The number of nitrogens with zero attached hydrogens (tertiary/aromatic N) is 2. The minimum Gasteiger partial charge on any atom is -0.365 e. The summed E-state index contributed by atoms with van der Waals surface area (Å²) in [4.78, 5) is 39.2. The third kappa shape index (κ3) is 4.15. The lowest BCUT2D eigenvalue weighted by Crippen LogP contribution is -2.34. The van der Waals surface area contributed by atoms with Gasteiger partial charge in [-0.3, -0.25) is 14.4 Å². The fourth-order valence-electron chi connectivity index (χ4n) is 4.05. The first-order valence-corrected chi connectivity index (χ1v) is 12.6. The van der Waals surface area contributed by atoms with Crippen LogP contribution in [0.4, 0.5) is 5.00 Å². The Bertz CT molecular complexity index is 1180. The maximum absolute atomic E-state index is 12.8. The highest BCUT2D eigenvalue weighted by Gasteiger charge is 2.29. The molecule has 0 saturated carbocycles. The zero-order valence-electron chi connectivity index (χ0n) is 17.6. The number of carbonyl (C=O) groups excluding carboxylic acids is 3. The molecule has 0 atom stereocenters. The standard InChI is InChI=1S/C21H24N4O5S2/c1-13(26)24-11-8-16-17(12-24)31-21(18(16)19(22)27)23-20(28)14-4-6-15(7-5-14)32(29,30)25-9-2-3-10-25/h4-7H,2-3,8-12H2,1H3,(H2,22,27)(H,23,28). The van der Waals surface area contributed by atoms with Crippen molar-refractivity contribution < 1.29 is 22.8 Å². The molecule has 9 nitrogen and oxygen atoms in total. The Morgan fingerprint density at radius 2 is 1.72 bits per heavy atom. The molecule has 2 aromatic rings. The third-order valence-electron chi connectivity index (χ3n) is 5.79. The summed E-state index contributed by atoms with van der Waals surface area (Å²) >= 11 is 1.23. The molecular formula is C21H24N4O5S2. The van der Waals surface area contributed by atoms with E-state index in [0.717, 1.165) is 23.3 Å². The predicted molar refractivity (Wildman–Crippen MR) is 120 cm³/mol. The van der Waals surface area contributed by atoms with Gasteiger partial charge in [-0.1, -0.05) is 0 Å². The summed E-state index contributed by atoms with van der Waals surface area (Å²) in [6.07, 6.45) is 2.18. The van der Waals surface area contributed by atoms with E-state index in [2.05, 4.69) is 5.32 Å². The number of sulfonamides is 1. The largest absolute Gasteiger partial charge is 0.365 e. The van der Waals surface area contributed by atoms with Crippen LogP contribution in [0.5, 0.6) is 0 Å². The van der Waals surface area contributed by atoms with Crippen molar-refractivity contribution in [1.82, 2.24) is 9.21 Å². The molecule has 3 heterocycles. The molecule has 32 heavy (non-hydrogen) atoms. The Hall–Kier alpha value is -2.76. The number of anilines is 1. The quantitative estimate of drug-likeness (QED) is 0.680. The van der Waals surface area contributed by atoms with E-state index in [1.807, 2.05) is 0 Å². The first kappa shape index (κ1) is 22.4. The highest BCUT2D eigenvalue weighted by molar-refractivity contribution is 7.89. The van der Waals surface area contributed by atoms with Gasteiger partial charge in [0.1, 0.15) is 5.00 Å². The van der Waals surface area contributed by atoms with Crippen molar-refractivity contribution in [3.05, 3.63) is 45.8 Å². The molecule has 2 aliphatic rings. The molecule has 170 valence electrons. The molecule has 1 fully saturated rings. The summed E-state index contributed by atoms with van der Waals surface area (Å²) in [5, 5.41) is 3.08. The minimum atomic E-state index is -3.56. The normalized spacial score (nSPS) is 16.6. The van der Waals surface area contributed by atoms with Crippen LogP contribution in [-0.2, 0) is 27.8 Å². The van der Waals surface area contributed by atoms with Gasteiger partial charge in [0.05, 0.1) is 17.0 Å². The lowest BCUT2D eigenvalue weighted by atomic mass is 10.0. The highest BCUT2D eigenvalue weighted by Crippen LogP contribution is 2.37. The second-order valence-electron chi connectivity index (χ2n) is 7.85. The molecule has 0 aliphatic carbocycles. The molecule has 4 rings (SSSR count). The SMILES string of the molecule is CC(=O)N1CCc2c(sc(NC(=O)c3ccc(S(=O)(=O)N4CCCC4)cc3)c2C(N)=O)C1. The number of benzene rings is 1. The zero-order chi connectivity index (χ0) is 23.0. The number of amides is 3. The summed E-state index contributed by atoms with van der Waals surface area (Å²) in [6, 6.07) is 5.74. The van der Waals surface area contributed by atoms with Crippen LogP contribution in [0.2, 0.25) is 0 Å². The van der Waals surface area contributed by atoms with Crippen molar-refractivity contribution in [2.24, 2.45) is 5.73 Å². The molecule has 3 amide bonds. The molecule has 3 N–H and O–H groups in total. The van der Waals surface area contributed by atoms with Crippen molar-refractivity contribution in [1.29, 1.82) is 0 Å². The number of hydrogen-bond acceptors (Lipinski definition) is 6. The van der Waals surface area contributed by atoms with Crippen molar-refractivity contribution in [3.63, 3.8) is 0 Å². The van der Waals surface area contributed by atoms with Crippen LogP contribution in [0, 0.1) is 0 Å². The van der Waals surface area contributed by atoms with E-state index in [1.54, 1.807) is 4.90 Å². The van der Waals surface area contributed by atoms with E-state index in [1.165, 1.54) is 46.8 Å². The van der Waals surface area contributed by atoms with E-state index in [0.29, 0.717) is 37.6 Å². The Kier molecular flexibility index (Phi) is 6.06. The van der Waals surface area contributed by atoms with Gasteiger partial charge in [-0.05, 0) is 49.1 Å². The van der Waals surface area contributed by atoms with Crippen LogP contribution < -0.4 is 11.1 Å². The number of nitrogens with two attached hydrogens (primary N) is 1. The van der Waals surface area contributed by atoms with Gasteiger partial charge in [0.25, 0.3) is 11.8 Å². The van der Waals surface area contributed by atoms with E-state index >= 15 is 0 Å². The van der Waals surface area contributed by atoms with Gasteiger partial charge in [0, 0.05) is 37.0 Å². The summed E-state index contributed by atoms with van der Waals surface area (Å²) in [5.41, 5.74) is 6.88. The number of hydrogen-bond donors (Lipinski definition) is 2. The first-order chi connectivity index (χ1) is 15.2. The molecule has 11 heteroatoms. The van der Waals surface area contributed by atoms with Gasteiger partial charge in [-0.2, -0.15) is 4.31 Å². The van der Waals surface area contributed by atoms with Crippen molar-refractivity contribution in [3.8, 4) is 0 Å². The van der Waals surface area contributed by atoms with Crippen LogP contribution in [0.3, 0.4) is 0 Å². The molecule has 0 unspecified atom stereocenters. The average molecular weight is 477 g/mol. The fourth-order valence-corrected chi connectivity index (χ4v) is 6.83. The molecule has 0 radical (unpaired) electrons. The maximum atomic E-state index is 12.8. The van der Waals surface area contributed by atoms with Crippen LogP contribution in [0.25, 0.3) is 0 Å². The van der Waals surface area contributed by atoms with Crippen LogP contribution in [0.1, 0.15) is 50.9 Å². The Labute approximate surface area is 190 Å². The molecular weight excluding hydrogens is 452 g/mol. The fraction of sp³-hybridized carbons (Fsp3) is 0.381. The first-order valence-electron chi connectivity index (χ1n) is 10.3. The lowest BCUT2D eigenvalue weighted by Gasteiger charge is -2.25. The van der Waals surface area contributed by atoms with Crippen LogP contribution >= 0.6 is 11.3 Å². The van der Waals surface area contributed by atoms with E-state index in [-0.39, 0.29) is 21.9 Å². The van der Waals surface area contributed by atoms with Gasteiger partial charge in [-0.25, -0.2) is 8.42 Å². The number of primary amides is 1. The molecule has 0 spiro atoms. The van der Waals surface area contributed by atoms with Crippen molar-refractivity contribution >= 4 is 44.1 Å². The Morgan fingerprint density at radius 3 is 2.31 bits per heavy atom. The Morgan fingerprint density at radius 1 is 1.06 bits per heavy atom. The molecule has 0 bridgehead atoms. The number of fused-ring (bicyclic) bond motifs is 1. The van der Waals surface area contributed by atoms with Gasteiger partial charge in [0.15, 0.2) is 0 Å². The topological polar surface area (TPSA) is 130 Å². The highest BCUT2D eigenvalue weighted by atomic mass is 32.2. The lowest BCUT2D eigenvalue weighted by molar-refractivity contribution is -0.129. The summed E-state index contributed by atoms with van der Waals surface area (Å²) in [6.45, 7) is 3.35. The molecule has 1 aromatic carbocycles. The van der Waals surface area contributed by atoms with Crippen LogP contribution in [-0.4, -0.2) is 55.0 Å². The van der Waals surface area contributed by atoms with Gasteiger partial charge in [-0.15, -0.1) is 11.3 Å². The zero-order valence-corrected chi connectivity index (χ0v) is 19.2. The number of carbonyl (C=O) groups is 3. The van der Waals surface area contributed by atoms with Gasteiger partial charge < -0.3 is 16.0 Å². The third-order valence-corrected chi connectivity index (χ3v) is 8.84. The summed E-state index contributed by atoms with van der Waals surface area (Å²) in [5.74, 6) is -1.17. The van der Waals surface area contributed by atoms with Crippen molar-refractivity contribution in [2.75, 3.05) is 25.0 Å². The van der Waals surface area contributed by atoms with E-state index in [9.17, 15) is 22.8 Å². The average Bonchev–Trinajstić information content (AvgIpc) is 3.41. The minimum absolute atomic E-state index is 0.0563. The van der Waals surface area contributed by atoms with Crippen molar-refractivity contribution in [2.45, 2.75) is 37.6 Å². The second kappa shape index (κ2) is 8.64. The van der Waals surface area contributed by atoms with E-state index < -0.39 is 21.8 Å². The predicted octanol–water partition coefficient (Wildman–Crippen LogP) is 1.79. The summed E-state index contributed by atoms with van der Waals surface area (Å²) < 4.78 is 26.8. The smallest absolute Gasteiger partial charge is 0.256 e. The van der Waals surface area contributed by atoms with E-state index in [4.69, 9.17) is 5.73 Å².